The van der Waals surface area contributed by atoms with Gasteiger partial charge in [-0.3, -0.25) is 0 Å². The number of para-hydroxylation sites is 1. The van der Waals surface area contributed by atoms with Crippen LogP contribution in [0.2, 0.25) is 0 Å². The molecule has 0 saturated heterocycles. The summed E-state index contributed by atoms with van der Waals surface area (Å²) in [7, 11) is 0. The first kappa shape index (κ1) is 16.0. The average molecular weight is 328 g/mol. The Morgan fingerprint density at radius 3 is 2.12 bits per heavy atom. The molecule has 25 heavy (non-hydrogen) atoms. The van der Waals surface area contributed by atoms with Crippen molar-refractivity contribution in [2.24, 2.45) is 0 Å². The molecule has 1 nitrogen and oxygen atoms in total. The molecule has 2 atom stereocenters. The Balaban J connectivity index is 1.95. The number of fused-ring (bicyclic) bond motifs is 3. The predicted molar refractivity (Wildman–Crippen MR) is 104 cm³/mol. The first-order valence-corrected chi connectivity index (χ1v) is 9.19. The number of benzene rings is 3. The fraction of sp³-hybridized carbons (Fsp3) is 0.250. The standard InChI is InChI=1S/C24H24O/c1-3-17-9-8-14-22(24(17)25)23-15-16(2)18-10-4-5-11-19(18)20-12-6-7-13-21(20)23/h4-14,16,23,25H,3,15H2,1-2H3. The summed E-state index contributed by atoms with van der Waals surface area (Å²) in [5.41, 5.74) is 7.45. The number of hydrogen-bond donors (Lipinski definition) is 1. The van der Waals surface area contributed by atoms with E-state index < -0.39 is 0 Å². The molecule has 1 aliphatic carbocycles. The lowest BCUT2D eigenvalue weighted by Crippen LogP contribution is -2.05. The van der Waals surface area contributed by atoms with Crippen molar-refractivity contribution in [1.29, 1.82) is 0 Å². The van der Waals surface area contributed by atoms with Crippen molar-refractivity contribution < 1.29 is 5.11 Å². The minimum atomic E-state index is 0.213. The van der Waals surface area contributed by atoms with Crippen LogP contribution in [-0.4, -0.2) is 5.11 Å². The van der Waals surface area contributed by atoms with Crippen molar-refractivity contribution in [3.05, 3.63) is 89.0 Å². The number of rotatable bonds is 2. The second-order valence-electron chi connectivity index (χ2n) is 7.07. The lowest BCUT2D eigenvalue weighted by molar-refractivity contribution is 0.454. The van der Waals surface area contributed by atoms with E-state index in [9.17, 15) is 5.11 Å². The third-order valence-corrected chi connectivity index (χ3v) is 5.61. The fourth-order valence-electron chi connectivity index (χ4n) is 4.30. The van der Waals surface area contributed by atoms with Gasteiger partial charge in [0.05, 0.1) is 0 Å². The van der Waals surface area contributed by atoms with Crippen LogP contribution in [0.4, 0.5) is 0 Å². The molecule has 0 aromatic heterocycles. The molecular formula is C24H24O. The van der Waals surface area contributed by atoms with Crippen molar-refractivity contribution in [2.45, 2.75) is 38.5 Å². The summed E-state index contributed by atoms with van der Waals surface area (Å²) in [4.78, 5) is 0. The molecule has 0 heterocycles. The number of phenols is 1. The van der Waals surface area contributed by atoms with Gasteiger partial charge in [-0.1, -0.05) is 80.6 Å². The molecule has 0 amide bonds. The predicted octanol–water partition coefficient (Wildman–Crippen LogP) is 6.26. The Morgan fingerprint density at radius 2 is 1.40 bits per heavy atom. The van der Waals surface area contributed by atoms with Gasteiger partial charge in [-0.2, -0.15) is 0 Å². The summed E-state index contributed by atoms with van der Waals surface area (Å²) >= 11 is 0. The maximum absolute atomic E-state index is 10.9. The molecule has 0 aliphatic heterocycles. The minimum Gasteiger partial charge on any atom is -0.507 e. The van der Waals surface area contributed by atoms with Crippen LogP contribution < -0.4 is 0 Å². The topological polar surface area (TPSA) is 20.2 Å². The van der Waals surface area contributed by atoms with Crippen LogP contribution >= 0.6 is 0 Å². The van der Waals surface area contributed by atoms with Crippen LogP contribution in [0.3, 0.4) is 0 Å². The molecule has 2 unspecified atom stereocenters. The van der Waals surface area contributed by atoms with Crippen molar-refractivity contribution in [3.8, 4) is 16.9 Å². The van der Waals surface area contributed by atoms with Gasteiger partial charge < -0.3 is 5.11 Å². The van der Waals surface area contributed by atoms with Gasteiger partial charge in [-0.25, -0.2) is 0 Å². The summed E-state index contributed by atoms with van der Waals surface area (Å²) in [5, 5.41) is 10.9. The maximum atomic E-state index is 10.9. The summed E-state index contributed by atoms with van der Waals surface area (Å²) in [6.07, 6.45) is 1.86. The molecule has 126 valence electrons. The lowest BCUT2D eigenvalue weighted by Gasteiger charge is -2.22. The summed E-state index contributed by atoms with van der Waals surface area (Å²) < 4.78 is 0. The second-order valence-corrected chi connectivity index (χ2v) is 7.07. The van der Waals surface area contributed by atoms with E-state index in [-0.39, 0.29) is 5.92 Å². The second kappa shape index (κ2) is 6.40. The highest BCUT2D eigenvalue weighted by Gasteiger charge is 2.28. The third kappa shape index (κ3) is 2.64. The SMILES string of the molecule is CCc1cccc(C2CC(C)c3ccccc3-c3ccccc32)c1O. The molecule has 3 aromatic carbocycles. The smallest absolute Gasteiger partial charge is 0.122 e. The molecule has 1 N–H and O–H groups in total. The summed E-state index contributed by atoms with van der Waals surface area (Å²) in [6, 6.07) is 23.6. The summed E-state index contributed by atoms with van der Waals surface area (Å²) in [5.74, 6) is 1.13. The fourth-order valence-corrected chi connectivity index (χ4v) is 4.30. The third-order valence-electron chi connectivity index (χ3n) is 5.61. The van der Waals surface area contributed by atoms with E-state index in [1.54, 1.807) is 0 Å². The minimum absolute atomic E-state index is 0.213. The molecule has 1 aliphatic rings. The van der Waals surface area contributed by atoms with Crippen LogP contribution in [-0.2, 0) is 6.42 Å². The Kier molecular flexibility index (Phi) is 4.09. The van der Waals surface area contributed by atoms with Crippen LogP contribution in [0, 0.1) is 0 Å². The first-order valence-electron chi connectivity index (χ1n) is 9.19. The van der Waals surface area contributed by atoms with Gasteiger partial charge >= 0.3 is 0 Å². The first-order chi connectivity index (χ1) is 12.2. The Hall–Kier alpha value is -2.54. The van der Waals surface area contributed by atoms with Crippen molar-refractivity contribution >= 4 is 0 Å². The molecule has 0 saturated carbocycles. The van der Waals surface area contributed by atoms with Gasteiger partial charge in [0.2, 0.25) is 0 Å². The van der Waals surface area contributed by atoms with Gasteiger partial charge in [0.15, 0.2) is 0 Å². The molecule has 0 spiro atoms. The highest BCUT2D eigenvalue weighted by atomic mass is 16.3. The molecular weight excluding hydrogens is 304 g/mol. The van der Waals surface area contributed by atoms with Gasteiger partial charge in [0, 0.05) is 11.5 Å². The highest BCUT2D eigenvalue weighted by Crippen LogP contribution is 2.47. The van der Waals surface area contributed by atoms with Crippen LogP contribution in [0.25, 0.3) is 11.1 Å². The number of hydrogen-bond acceptors (Lipinski definition) is 1. The van der Waals surface area contributed by atoms with Crippen LogP contribution in [0.5, 0.6) is 5.75 Å². The lowest BCUT2D eigenvalue weighted by atomic mass is 9.82. The number of aromatic hydroxyl groups is 1. The normalized spacial score (nSPS) is 19.0. The quantitative estimate of drug-likeness (QED) is 0.588. The zero-order valence-electron chi connectivity index (χ0n) is 14.9. The van der Waals surface area contributed by atoms with Crippen molar-refractivity contribution in [3.63, 3.8) is 0 Å². The molecule has 0 radical (unpaired) electrons. The zero-order chi connectivity index (χ0) is 17.4. The van der Waals surface area contributed by atoms with E-state index in [2.05, 4.69) is 74.5 Å². The maximum Gasteiger partial charge on any atom is 0.122 e. The molecule has 4 rings (SSSR count). The molecule has 0 bridgehead atoms. The van der Waals surface area contributed by atoms with E-state index in [1.165, 1.54) is 22.3 Å². The largest absolute Gasteiger partial charge is 0.507 e. The van der Waals surface area contributed by atoms with Gasteiger partial charge in [0.25, 0.3) is 0 Å². The molecule has 3 aromatic rings. The van der Waals surface area contributed by atoms with Crippen LogP contribution in [0.1, 0.15) is 54.4 Å². The van der Waals surface area contributed by atoms with E-state index in [0.717, 1.165) is 24.0 Å². The van der Waals surface area contributed by atoms with E-state index in [0.29, 0.717) is 11.7 Å². The number of phenolic OH excluding ortho intramolecular Hbond substituents is 1. The van der Waals surface area contributed by atoms with Gasteiger partial charge in [0.1, 0.15) is 5.75 Å². The Morgan fingerprint density at radius 1 is 0.800 bits per heavy atom. The van der Waals surface area contributed by atoms with Gasteiger partial charge in [-0.15, -0.1) is 0 Å². The zero-order valence-corrected chi connectivity index (χ0v) is 14.9. The average Bonchev–Trinajstić information content (AvgIpc) is 2.78. The molecule has 0 fully saturated rings. The highest BCUT2D eigenvalue weighted by molar-refractivity contribution is 5.74. The van der Waals surface area contributed by atoms with Gasteiger partial charge in [-0.05, 0) is 46.6 Å². The van der Waals surface area contributed by atoms with E-state index in [1.807, 2.05) is 6.07 Å². The summed E-state index contributed by atoms with van der Waals surface area (Å²) in [6.45, 7) is 4.40. The van der Waals surface area contributed by atoms with Crippen LogP contribution in [0.15, 0.2) is 66.7 Å². The Labute approximate surface area is 150 Å². The monoisotopic (exact) mass is 328 g/mol. The number of aryl methyl sites for hydroxylation is 1. The molecule has 1 heteroatoms. The van der Waals surface area contributed by atoms with Crippen molar-refractivity contribution in [2.75, 3.05) is 0 Å². The Bertz CT molecular complexity index is 909. The van der Waals surface area contributed by atoms with E-state index >= 15 is 0 Å². The van der Waals surface area contributed by atoms with Crippen molar-refractivity contribution in [1.82, 2.24) is 0 Å². The van der Waals surface area contributed by atoms with E-state index in [4.69, 9.17) is 0 Å².